The van der Waals surface area contributed by atoms with Gasteiger partial charge in [0.15, 0.2) is 11.4 Å². The highest BCUT2D eigenvalue weighted by Crippen LogP contribution is 2.51. The summed E-state index contributed by atoms with van der Waals surface area (Å²) in [6, 6.07) is 84.5. The molecule has 0 radical (unpaired) electrons. The highest BCUT2D eigenvalue weighted by atomic mass is 35.6. The van der Waals surface area contributed by atoms with Gasteiger partial charge in [-0.3, -0.25) is 9.59 Å². The molecule has 0 saturated heterocycles. The van der Waals surface area contributed by atoms with Gasteiger partial charge < -0.3 is 24.5 Å². The number of nitrogens with zero attached hydrogens (tertiary/aromatic N) is 8. The smallest absolute Gasteiger partial charge is 0.266 e. The Morgan fingerprint density at radius 2 is 0.761 bits per heavy atom. The number of alkyl halides is 3. The SMILES string of the molecule is CCN(CC)c1ccc(/C(c2ccc(C)cc2)=c2/ccc3c(c2)-c2ccccc2N=3)cc1.CCN(CC)c1ccc(C(=C2C=C(C(c3ccc(Cl)cc3)C(Cl)(Cl)Cl)CC=C2Cl)c2ccc(N(CC)CC)cc2)cc1.CCN(CC)c1ccc(C(=C2C=CC(=[N+](C)CC)C=C2)c2ccc3c(c2)C(=O)NS3(=O)=O)cc1.CCN(CC)c1ccc(C(=C2C=CC(=[N+](C)CC)C=C2)c2ccc3c(c2)S(=O)(=O)NC3=O)cc1. The summed E-state index contributed by atoms with van der Waals surface area (Å²) in [6.07, 6.45) is 21.2. The summed E-state index contributed by atoms with van der Waals surface area (Å²) in [5, 5.41) is 3.57. The number of anilines is 5. The van der Waals surface area contributed by atoms with E-state index in [1.54, 1.807) is 24.3 Å². The lowest BCUT2D eigenvalue weighted by molar-refractivity contribution is -0.491. The Labute approximate surface area is 864 Å². The summed E-state index contributed by atoms with van der Waals surface area (Å²) in [5.74, 6) is -1.65. The topological polar surface area (TPSA) is 161 Å². The highest BCUT2D eigenvalue weighted by Gasteiger charge is 2.39. The molecule has 3 aliphatic heterocycles. The summed E-state index contributed by atoms with van der Waals surface area (Å²) in [4.78, 5) is 40.9. The molecule has 0 spiro atoms. The first kappa shape index (κ1) is 105. The number of hydrogen-bond acceptors (Lipinski definition) is 12. The lowest BCUT2D eigenvalue weighted by atomic mass is 9.83. The van der Waals surface area contributed by atoms with E-state index in [1.807, 2.05) is 50.5 Å². The van der Waals surface area contributed by atoms with Gasteiger partial charge >= 0.3 is 0 Å². The maximum absolute atomic E-state index is 12.5. The van der Waals surface area contributed by atoms with Crippen LogP contribution in [0.4, 0.5) is 34.1 Å². The number of sulfonamides is 2. The number of rotatable bonds is 27. The molecule has 0 fully saturated rings. The van der Waals surface area contributed by atoms with Gasteiger partial charge in [-0.05, 0) is 325 Å². The van der Waals surface area contributed by atoms with Gasteiger partial charge in [-0.15, -0.1) is 0 Å². The molecule has 1 atom stereocenters. The summed E-state index contributed by atoms with van der Waals surface area (Å²) in [6.45, 7) is 39.2. The molecule has 17 rings (SSSR count). The third-order valence-electron chi connectivity index (χ3n) is 27.0. The maximum Gasteiger partial charge on any atom is 0.266 e. The van der Waals surface area contributed by atoms with Crippen LogP contribution in [-0.2, 0) is 20.0 Å². The van der Waals surface area contributed by atoms with E-state index in [4.69, 9.17) is 63.0 Å². The summed E-state index contributed by atoms with van der Waals surface area (Å²) < 4.78 is 56.3. The Kier molecular flexibility index (Phi) is 34.9. The van der Waals surface area contributed by atoms with Crippen molar-refractivity contribution in [3.05, 3.63) is 419 Å². The van der Waals surface area contributed by atoms with Crippen molar-refractivity contribution in [2.24, 2.45) is 4.99 Å². The first-order valence-corrected chi connectivity index (χ1v) is 53.8. The predicted octanol–water partition coefficient (Wildman–Crippen LogP) is 25.5. The van der Waals surface area contributed by atoms with E-state index in [0.717, 1.165) is 190 Å². The van der Waals surface area contributed by atoms with Crippen LogP contribution in [0.1, 0.15) is 172 Å². The molecule has 6 aliphatic rings. The van der Waals surface area contributed by atoms with E-state index in [1.165, 1.54) is 61.7 Å². The van der Waals surface area contributed by atoms with E-state index >= 15 is 0 Å². The zero-order chi connectivity index (χ0) is 101. The van der Waals surface area contributed by atoms with Crippen LogP contribution in [0.25, 0.3) is 33.4 Å². The highest BCUT2D eigenvalue weighted by molar-refractivity contribution is 7.91. The van der Waals surface area contributed by atoms with Crippen LogP contribution in [0, 0.1) is 6.92 Å². The molecule has 142 heavy (non-hydrogen) atoms. The lowest BCUT2D eigenvalue weighted by Crippen LogP contribution is -2.21. The molecule has 11 aromatic carbocycles. The van der Waals surface area contributed by atoms with E-state index in [2.05, 4.69) is 376 Å². The van der Waals surface area contributed by atoms with E-state index in [0.29, 0.717) is 16.5 Å². The number of amides is 2. The minimum Gasteiger partial charge on any atom is -0.372 e. The number of fused-ring (bicyclic) bond motifs is 5. The van der Waals surface area contributed by atoms with Crippen LogP contribution >= 0.6 is 58.0 Å². The van der Waals surface area contributed by atoms with Gasteiger partial charge in [0.05, 0.1) is 28.1 Å². The summed E-state index contributed by atoms with van der Waals surface area (Å²) >= 11 is 33.1. The van der Waals surface area contributed by atoms with Crippen molar-refractivity contribution in [2.75, 3.05) is 117 Å². The number of benzene rings is 11. The Balaban J connectivity index is 0.000000151. The van der Waals surface area contributed by atoms with Crippen LogP contribution in [0.5, 0.6) is 0 Å². The van der Waals surface area contributed by atoms with Gasteiger partial charge in [-0.2, -0.15) is 0 Å². The maximum atomic E-state index is 12.5. The molecular weight excluding hydrogens is 1910 g/mol. The molecule has 23 heteroatoms. The fraction of sp³-hybridized carbons (Fsp3) is 0.252. The van der Waals surface area contributed by atoms with Crippen molar-refractivity contribution in [3.8, 4) is 11.1 Å². The van der Waals surface area contributed by atoms with E-state index in [9.17, 15) is 26.4 Å². The third kappa shape index (κ3) is 23.8. The molecule has 2 N–H and O–H groups in total. The standard InChI is InChI=1S/C35H37Cl5N2.C30H28N2.2C27H29N3O3S/c1-5-41(6-2)29-18-11-24(12-19-29)33(25-13-20-30(21-14-25)42(7-3)8-4)31-23-27(15-22-32(31)37)34(35(38,39)40)26-9-16-28(36)17-10-26;1-4-32(5-2)25-17-14-23(15-18-25)30(22-12-10-21(3)11-13-22)24-16-19-29-27(20-24)26-8-6-7-9-28(26)31-29;1-5-29(4)22-13-8-19(9-14-22)26(20-10-15-23(16-11-20)30(6-2)7-3)21-12-17-25-24(18-21)27(31)28-34(25,32)33;1-5-29(4)22-13-8-19(9-14-22)26(20-10-15-23(16-11-20)30(6-2)7-3)21-12-17-24-25(18-21)34(32,33)28-27(24)31/h9-14,16-23,34H,5-8,15H2,1-4H3;6-20H,4-5H2,1-3H3;2*8-18H,5-7H2,1-4H3/p+2/b;30-24-;;. The van der Waals surface area contributed by atoms with Gasteiger partial charge in [0.25, 0.3) is 31.9 Å². The second-order valence-electron chi connectivity index (χ2n) is 35.2. The Morgan fingerprint density at radius 3 is 1.18 bits per heavy atom. The molecule has 1 unspecified atom stereocenters. The molecule has 732 valence electrons. The number of para-hydroxylation sites is 1. The lowest BCUT2D eigenvalue weighted by Gasteiger charge is -2.30. The molecule has 16 nitrogen and oxygen atoms in total. The van der Waals surface area contributed by atoms with Gasteiger partial charge in [0, 0.05) is 145 Å². The van der Waals surface area contributed by atoms with Crippen molar-refractivity contribution in [1.82, 2.24) is 9.44 Å². The molecule has 3 heterocycles. The van der Waals surface area contributed by atoms with Crippen molar-refractivity contribution in [1.29, 1.82) is 0 Å². The van der Waals surface area contributed by atoms with Gasteiger partial charge in [0.2, 0.25) is 3.79 Å². The second kappa shape index (κ2) is 47.1. The molecule has 0 bridgehead atoms. The Bertz CT molecular complexity index is 7190. The molecule has 11 aromatic rings. The molecule has 0 saturated carbocycles. The number of hydrogen-bond donors (Lipinski definition) is 2. The van der Waals surface area contributed by atoms with Gasteiger partial charge in [-0.1, -0.05) is 215 Å². The van der Waals surface area contributed by atoms with Crippen LogP contribution in [0.15, 0.2) is 352 Å². The van der Waals surface area contributed by atoms with Crippen molar-refractivity contribution in [3.63, 3.8) is 0 Å². The predicted molar refractivity (Wildman–Crippen MR) is 597 cm³/mol. The Morgan fingerprint density at radius 1 is 0.387 bits per heavy atom. The monoisotopic (exact) mass is 2030 g/mol. The third-order valence-corrected chi connectivity index (χ3v) is 31.0. The molecule has 3 aliphatic carbocycles. The van der Waals surface area contributed by atoms with Crippen LogP contribution in [0.3, 0.4) is 0 Å². The van der Waals surface area contributed by atoms with E-state index < -0.39 is 41.6 Å². The minimum atomic E-state index is -3.85. The Hall–Kier alpha value is -12.6. The first-order chi connectivity index (χ1) is 68.3. The average Bonchev–Trinajstić information content (AvgIpc) is 1.60. The number of nitrogens with one attached hydrogen (secondary N) is 2. The number of carbonyl (C=O) groups is 2. The largest absolute Gasteiger partial charge is 0.372 e. The fourth-order valence-electron chi connectivity index (χ4n) is 18.8. The minimum absolute atomic E-state index is 0.0228. The second-order valence-corrected chi connectivity index (χ2v) is 41.7. The van der Waals surface area contributed by atoms with Crippen LogP contribution in [0.2, 0.25) is 5.02 Å². The first-order valence-electron chi connectivity index (χ1n) is 49.0. The number of aryl methyl sites for hydroxylation is 1. The van der Waals surface area contributed by atoms with Crippen LogP contribution in [-0.4, -0.2) is 146 Å². The van der Waals surface area contributed by atoms with Crippen molar-refractivity contribution < 1.29 is 35.6 Å². The zero-order valence-electron chi connectivity index (χ0n) is 83.4. The molecule has 2 amide bonds. The quantitative estimate of drug-likeness (QED) is 0.0372. The van der Waals surface area contributed by atoms with Crippen LogP contribution < -0.4 is 44.5 Å². The number of halogens is 5. The number of allylic oxidation sites excluding steroid dienone is 15. The zero-order valence-corrected chi connectivity index (χ0v) is 88.9. The summed E-state index contributed by atoms with van der Waals surface area (Å²) in [7, 11) is -3.54. The fourth-order valence-corrected chi connectivity index (χ4v) is 22.3. The van der Waals surface area contributed by atoms with E-state index in [-0.39, 0.29) is 20.9 Å². The summed E-state index contributed by atoms with van der Waals surface area (Å²) in [5.41, 5.74) is 30.2. The van der Waals surface area contributed by atoms with Crippen molar-refractivity contribution >= 4 is 158 Å². The molecular formula is C119H125Cl5N10O6S2+2. The normalized spacial score (nSPS) is 14.6. The van der Waals surface area contributed by atoms with Gasteiger partial charge in [0.1, 0.15) is 37.0 Å². The van der Waals surface area contributed by atoms with Crippen molar-refractivity contribution in [2.45, 2.75) is 116 Å². The molecule has 0 aromatic heterocycles. The van der Waals surface area contributed by atoms with Gasteiger partial charge in [-0.25, -0.2) is 40.4 Å². The average molecular weight is 2030 g/mol. The number of carbonyl (C=O) groups excluding carboxylic acids is 2.